The van der Waals surface area contributed by atoms with Crippen LogP contribution in [0.4, 0.5) is 5.00 Å². The summed E-state index contributed by atoms with van der Waals surface area (Å²) in [7, 11) is 0. The molecule has 33 heavy (non-hydrogen) atoms. The van der Waals surface area contributed by atoms with Crippen LogP contribution in [0.1, 0.15) is 58.3 Å². The van der Waals surface area contributed by atoms with Crippen molar-refractivity contribution in [2.45, 2.75) is 40.2 Å². The van der Waals surface area contributed by atoms with Crippen molar-refractivity contribution in [3.05, 3.63) is 50.1 Å². The number of hydrogen-bond donors (Lipinski definition) is 1. The third-order valence-electron chi connectivity index (χ3n) is 4.19. The third kappa shape index (κ3) is 5.87. The minimum absolute atomic E-state index is 0.194. The first-order valence-electron chi connectivity index (χ1n) is 10.0. The van der Waals surface area contributed by atoms with Gasteiger partial charge in [0.25, 0.3) is 0 Å². The third-order valence-corrected chi connectivity index (χ3v) is 7.16. The molecule has 0 aliphatic heterocycles. The van der Waals surface area contributed by atoms with Crippen molar-refractivity contribution >= 4 is 56.5 Å². The number of thiophene rings is 2. The van der Waals surface area contributed by atoms with Crippen LogP contribution in [-0.4, -0.2) is 29.1 Å². The Morgan fingerprint density at radius 2 is 2.03 bits per heavy atom. The maximum atomic E-state index is 12.7. The van der Waals surface area contributed by atoms with Gasteiger partial charge in [0.05, 0.1) is 22.7 Å². The van der Waals surface area contributed by atoms with Crippen LogP contribution in [0.2, 0.25) is 0 Å². The van der Waals surface area contributed by atoms with Crippen molar-refractivity contribution in [1.82, 2.24) is 4.98 Å². The fourth-order valence-electron chi connectivity index (χ4n) is 2.80. The predicted octanol–water partition coefficient (Wildman–Crippen LogP) is 6.35. The van der Waals surface area contributed by atoms with E-state index in [1.807, 2.05) is 22.9 Å². The number of thiazole rings is 1. The minimum Gasteiger partial charge on any atom is -0.462 e. The topological polar surface area (TPSA) is 101 Å². The van der Waals surface area contributed by atoms with E-state index in [0.717, 1.165) is 21.9 Å². The molecule has 0 saturated heterocycles. The van der Waals surface area contributed by atoms with Crippen LogP contribution in [-0.2, 0) is 9.47 Å². The monoisotopic (exact) mass is 501 g/mol. The van der Waals surface area contributed by atoms with Crippen molar-refractivity contribution < 1.29 is 19.1 Å². The van der Waals surface area contributed by atoms with E-state index in [0.29, 0.717) is 26.0 Å². The molecule has 7 nitrogen and oxygen atoms in total. The molecule has 172 valence electrons. The van der Waals surface area contributed by atoms with Crippen LogP contribution in [0.5, 0.6) is 0 Å². The van der Waals surface area contributed by atoms with Gasteiger partial charge < -0.3 is 14.8 Å². The van der Waals surface area contributed by atoms with Crippen molar-refractivity contribution in [1.29, 1.82) is 5.26 Å². The molecule has 0 unspecified atom stereocenters. The van der Waals surface area contributed by atoms with Gasteiger partial charge in [0.15, 0.2) is 0 Å². The van der Waals surface area contributed by atoms with Crippen molar-refractivity contribution in [3.8, 4) is 16.6 Å². The number of hydrogen-bond acceptors (Lipinski definition) is 10. The molecule has 0 radical (unpaired) electrons. The largest absolute Gasteiger partial charge is 0.462 e. The van der Waals surface area contributed by atoms with Crippen LogP contribution in [0.25, 0.3) is 16.1 Å². The molecular formula is C23H23N3O4S3. The molecule has 0 spiro atoms. The van der Waals surface area contributed by atoms with Gasteiger partial charge in [0, 0.05) is 11.6 Å². The maximum absolute atomic E-state index is 12.7. The Hall–Kier alpha value is -3.00. The van der Waals surface area contributed by atoms with Crippen molar-refractivity contribution in [3.63, 3.8) is 0 Å². The van der Waals surface area contributed by atoms with Crippen molar-refractivity contribution in [2.75, 3.05) is 11.9 Å². The van der Waals surface area contributed by atoms with Crippen molar-refractivity contribution in [2.24, 2.45) is 0 Å². The average Bonchev–Trinajstić information content (AvgIpc) is 3.47. The molecule has 3 aromatic rings. The molecule has 10 heteroatoms. The number of ether oxygens (including phenoxy) is 2. The molecule has 0 aliphatic carbocycles. The van der Waals surface area contributed by atoms with Crippen LogP contribution in [0.3, 0.4) is 0 Å². The zero-order chi connectivity index (χ0) is 24.2. The second-order valence-corrected chi connectivity index (χ2v) is 10.6. The molecule has 3 aromatic heterocycles. The Balaban J connectivity index is 1.94. The summed E-state index contributed by atoms with van der Waals surface area (Å²) in [5.41, 5.74) is 1.15. The SMILES string of the molecule is CCOC(=O)c1c(N/C=C(/C#N)c2nc(-c3cccs3)cs2)sc(C(=O)OC(C)(C)C)c1C. The molecule has 0 bridgehead atoms. The van der Waals surface area contributed by atoms with Crippen LogP contribution in [0.15, 0.2) is 29.1 Å². The zero-order valence-electron chi connectivity index (χ0n) is 18.8. The van der Waals surface area contributed by atoms with E-state index >= 15 is 0 Å². The van der Waals surface area contributed by atoms with Gasteiger partial charge >= 0.3 is 11.9 Å². The van der Waals surface area contributed by atoms with Gasteiger partial charge in [-0.05, 0) is 51.6 Å². The summed E-state index contributed by atoms with van der Waals surface area (Å²) >= 11 is 4.01. The average molecular weight is 502 g/mol. The Morgan fingerprint density at radius 3 is 2.64 bits per heavy atom. The van der Waals surface area contributed by atoms with E-state index in [4.69, 9.17) is 9.47 Å². The number of esters is 2. The lowest BCUT2D eigenvalue weighted by Crippen LogP contribution is -2.23. The zero-order valence-corrected chi connectivity index (χ0v) is 21.3. The molecule has 3 rings (SSSR count). The molecule has 3 heterocycles. The summed E-state index contributed by atoms with van der Waals surface area (Å²) in [6, 6.07) is 6.06. The maximum Gasteiger partial charge on any atom is 0.349 e. The van der Waals surface area contributed by atoms with Crippen LogP contribution < -0.4 is 5.32 Å². The number of anilines is 1. The summed E-state index contributed by atoms with van der Waals surface area (Å²) in [6.45, 7) is 8.91. The second kappa shape index (κ2) is 10.3. The molecular weight excluding hydrogens is 478 g/mol. The van der Waals surface area contributed by atoms with Gasteiger partial charge in [-0.1, -0.05) is 6.07 Å². The summed E-state index contributed by atoms with van der Waals surface area (Å²) < 4.78 is 10.7. The van der Waals surface area contributed by atoms with Gasteiger partial charge in [-0.25, -0.2) is 14.6 Å². The minimum atomic E-state index is -0.676. The smallest absolute Gasteiger partial charge is 0.349 e. The highest BCUT2D eigenvalue weighted by molar-refractivity contribution is 7.18. The highest BCUT2D eigenvalue weighted by Gasteiger charge is 2.28. The first-order chi connectivity index (χ1) is 15.6. The van der Waals surface area contributed by atoms with E-state index in [1.54, 1.807) is 46.0 Å². The van der Waals surface area contributed by atoms with Crippen LogP contribution in [0, 0.1) is 18.3 Å². The van der Waals surface area contributed by atoms with Gasteiger partial charge in [0.1, 0.15) is 32.1 Å². The molecule has 0 aliphatic rings. The number of carbonyl (C=O) groups is 2. The molecule has 1 N–H and O–H groups in total. The summed E-state index contributed by atoms with van der Waals surface area (Å²) in [5, 5.41) is 17.5. The lowest BCUT2D eigenvalue weighted by atomic mass is 10.1. The summed E-state index contributed by atoms with van der Waals surface area (Å²) in [5.74, 6) is -1.07. The van der Waals surface area contributed by atoms with E-state index in [-0.39, 0.29) is 12.2 Å². The fraction of sp³-hybridized carbons (Fsp3) is 0.304. The molecule has 0 aromatic carbocycles. The van der Waals surface area contributed by atoms with Gasteiger partial charge in [-0.3, -0.25) is 0 Å². The van der Waals surface area contributed by atoms with Gasteiger partial charge in [-0.15, -0.1) is 34.0 Å². The van der Waals surface area contributed by atoms with E-state index < -0.39 is 17.5 Å². The Kier molecular flexibility index (Phi) is 7.68. The number of nitrogens with zero attached hydrogens (tertiary/aromatic N) is 2. The fourth-order valence-corrected chi connectivity index (χ4v) is 5.38. The Bertz CT molecular complexity index is 1220. The summed E-state index contributed by atoms with van der Waals surface area (Å²) in [6.07, 6.45) is 1.49. The molecule has 0 amide bonds. The molecule has 0 atom stereocenters. The Morgan fingerprint density at radius 1 is 1.27 bits per heavy atom. The first-order valence-corrected chi connectivity index (χ1v) is 12.6. The molecule has 0 fully saturated rings. The normalized spacial score (nSPS) is 11.7. The summed E-state index contributed by atoms with van der Waals surface area (Å²) in [4.78, 5) is 31.2. The van der Waals surface area contributed by atoms with Gasteiger partial charge in [-0.2, -0.15) is 5.26 Å². The lowest BCUT2D eigenvalue weighted by Gasteiger charge is -2.19. The number of carbonyl (C=O) groups excluding carboxylic acids is 2. The Labute approximate surface area is 204 Å². The highest BCUT2D eigenvalue weighted by Crippen LogP contribution is 2.36. The van der Waals surface area contributed by atoms with E-state index in [2.05, 4.69) is 16.4 Å². The second-order valence-electron chi connectivity index (χ2n) is 7.81. The quantitative estimate of drug-likeness (QED) is 0.297. The van der Waals surface area contributed by atoms with E-state index in [1.165, 1.54) is 17.5 Å². The highest BCUT2D eigenvalue weighted by atomic mass is 32.1. The van der Waals surface area contributed by atoms with E-state index in [9.17, 15) is 14.9 Å². The number of aromatic nitrogens is 1. The standard InChI is InChI=1S/C23H23N3O4S3/c1-6-29-21(27)17-13(2)18(22(28)30-23(3,4)5)33-20(17)25-11-14(10-24)19-26-15(12-32-19)16-8-7-9-31-16/h7-9,11-12,25H,6H2,1-5H3/b14-11-. The first kappa shape index (κ1) is 24.6. The lowest BCUT2D eigenvalue weighted by molar-refractivity contribution is 0.00745. The number of rotatable bonds is 7. The number of nitrogens with one attached hydrogen (secondary N) is 1. The molecule has 0 saturated carbocycles. The van der Waals surface area contributed by atoms with Crippen LogP contribution >= 0.6 is 34.0 Å². The number of allylic oxidation sites excluding steroid dienone is 1. The van der Waals surface area contributed by atoms with Gasteiger partial charge in [0.2, 0.25) is 0 Å². The predicted molar refractivity (Wildman–Crippen MR) is 133 cm³/mol. The number of nitriles is 1.